The minimum absolute atomic E-state index is 0.628. The number of allylic oxidation sites excluding steroid dienone is 4. The highest BCUT2D eigenvalue weighted by Gasteiger charge is 1.89. The van der Waals surface area contributed by atoms with Crippen LogP contribution in [0.4, 0.5) is 0 Å². The fourth-order valence-electron chi connectivity index (χ4n) is 0.355. The molecule has 0 aliphatic carbocycles. The standard InChI is InChI=1S/C8H12ClN/c1-4-7(9)5-8(10)6(2)3/h4-5H,2,10H2,1,3H3/b7-4+,8-5+. The highest BCUT2D eigenvalue weighted by atomic mass is 35.5. The van der Waals surface area contributed by atoms with Crippen LogP contribution in [-0.2, 0) is 0 Å². The zero-order chi connectivity index (χ0) is 8.15. The van der Waals surface area contributed by atoms with Gasteiger partial charge >= 0.3 is 0 Å². The van der Waals surface area contributed by atoms with Crippen molar-refractivity contribution in [3.63, 3.8) is 0 Å². The van der Waals surface area contributed by atoms with Crippen LogP contribution in [0.15, 0.2) is 35.0 Å². The number of nitrogens with two attached hydrogens (primary N) is 1. The Labute approximate surface area is 66.9 Å². The first-order chi connectivity index (χ1) is 4.57. The normalized spacial score (nSPS) is 13.5. The summed E-state index contributed by atoms with van der Waals surface area (Å²) in [5, 5.41) is 0.639. The second-order valence-corrected chi connectivity index (χ2v) is 2.49. The Balaban J connectivity index is 4.31. The van der Waals surface area contributed by atoms with E-state index in [0.717, 1.165) is 5.57 Å². The SMILES string of the molecule is C=C(C)/C(N)=C\C(Cl)=C/C. The maximum absolute atomic E-state index is 5.67. The highest BCUT2D eigenvalue weighted by molar-refractivity contribution is 6.31. The van der Waals surface area contributed by atoms with Gasteiger partial charge in [0, 0.05) is 10.7 Å². The highest BCUT2D eigenvalue weighted by Crippen LogP contribution is 2.07. The third kappa shape index (κ3) is 3.36. The lowest BCUT2D eigenvalue weighted by Crippen LogP contribution is -1.96. The van der Waals surface area contributed by atoms with Gasteiger partial charge < -0.3 is 5.73 Å². The largest absolute Gasteiger partial charge is 0.398 e. The van der Waals surface area contributed by atoms with Crippen LogP contribution in [0.5, 0.6) is 0 Å². The molecule has 0 bridgehead atoms. The fraction of sp³-hybridized carbons (Fsp3) is 0.250. The maximum Gasteiger partial charge on any atom is 0.0383 e. The van der Waals surface area contributed by atoms with Crippen molar-refractivity contribution in [3.8, 4) is 0 Å². The summed E-state index contributed by atoms with van der Waals surface area (Å²) in [7, 11) is 0. The van der Waals surface area contributed by atoms with Gasteiger partial charge in [-0.05, 0) is 25.5 Å². The van der Waals surface area contributed by atoms with Crippen molar-refractivity contribution in [1.82, 2.24) is 0 Å². The molecule has 0 radical (unpaired) electrons. The van der Waals surface area contributed by atoms with Crippen LogP contribution < -0.4 is 5.73 Å². The summed E-state index contributed by atoms with van der Waals surface area (Å²) in [6, 6.07) is 0. The summed E-state index contributed by atoms with van der Waals surface area (Å²) in [6.07, 6.45) is 3.46. The van der Waals surface area contributed by atoms with Crippen molar-refractivity contribution in [1.29, 1.82) is 0 Å². The lowest BCUT2D eigenvalue weighted by molar-refractivity contribution is 1.30. The van der Waals surface area contributed by atoms with Crippen molar-refractivity contribution >= 4 is 11.6 Å². The van der Waals surface area contributed by atoms with E-state index in [9.17, 15) is 0 Å². The van der Waals surface area contributed by atoms with Crippen molar-refractivity contribution in [2.75, 3.05) is 0 Å². The molecular formula is C8H12ClN. The molecule has 0 spiro atoms. The summed E-state index contributed by atoms with van der Waals surface area (Å²) in [5.74, 6) is 0. The molecule has 0 fully saturated rings. The molecule has 0 aromatic carbocycles. The summed E-state index contributed by atoms with van der Waals surface area (Å²) < 4.78 is 0. The lowest BCUT2D eigenvalue weighted by Gasteiger charge is -1.96. The molecule has 56 valence electrons. The van der Waals surface area contributed by atoms with E-state index in [-0.39, 0.29) is 0 Å². The Morgan fingerprint density at radius 2 is 2.10 bits per heavy atom. The Kier molecular flexibility index (Phi) is 3.89. The van der Waals surface area contributed by atoms with Gasteiger partial charge in [0.2, 0.25) is 0 Å². The number of hydrogen-bond donors (Lipinski definition) is 1. The summed E-state index contributed by atoms with van der Waals surface area (Å²) in [6.45, 7) is 7.35. The molecule has 0 unspecified atom stereocenters. The molecule has 0 rings (SSSR count). The predicted molar refractivity (Wildman–Crippen MR) is 46.7 cm³/mol. The minimum Gasteiger partial charge on any atom is -0.398 e. The van der Waals surface area contributed by atoms with Gasteiger partial charge in [-0.1, -0.05) is 24.3 Å². The Bertz CT molecular complexity index is 189. The summed E-state index contributed by atoms with van der Waals surface area (Å²) >= 11 is 5.67. The first kappa shape index (κ1) is 9.31. The molecule has 0 heterocycles. The average molecular weight is 158 g/mol. The number of halogens is 1. The van der Waals surface area contributed by atoms with E-state index in [1.54, 1.807) is 12.2 Å². The van der Waals surface area contributed by atoms with Gasteiger partial charge in [-0.3, -0.25) is 0 Å². The van der Waals surface area contributed by atoms with Crippen molar-refractivity contribution < 1.29 is 0 Å². The van der Waals surface area contributed by atoms with Gasteiger partial charge in [0.05, 0.1) is 0 Å². The van der Waals surface area contributed by atoms with Crippen LogP contribution in [0.3, 0.4) is 0 Å². The average Bonchev–Trinajstić information content (AvgIpc) is 1.87. The van der Waals surface area contributed by atoms with E-state index < -0.39 is 0 Å². The zero-order valence-corrected chi connectivity index (χ0v) is 7.07. The van der Waals surface area contributed by atoms with Gasteiger partial charge in [0.1, 0.15) is 0 Å². The van der Waals surface area contributed by atoms with Crippen molar-refractivity contribution in [2.24, 2.45) is 5.73 Å². The van der Waals surface area contributed by atoms with E-state index in [4.69, 9.17) is 17.3 Å². The zero-order valence-electron chi connectivity index (χ0n) is 6.32. The Morgan fingerprint density at radius 3 is 2.40 bits per heavy atom. The van der Waals surface area contributed by atoms with Crippen LogP contribution >= 0.6 is 11.6 Å². The first-order valence-corrected chi connectivity index (χ1v) is 3.40. The molecule has 0 aromatic rings. The molecule has 0 aromatic heterocycles. The van der Waals surface area contributed by atoms with E-state index in [2.05, 4.69) is 6.58 Å². The third-order valence-corrected chi connectivity index (χ3v) is 1.39. The number of hydrogen-bond acceptors (Lipinski definition) is 1. The Hall–Kier alpha value is -0.690. The monoisotopic (exact) mass is 157 g/mol. The van der Waals surface area contributed by atoms with Crippen LogP contribution in [-0.4, -0.2) is 0 Å². The second kappa shape index (κ2) is 4.18. The first-order valence-electron chi connectivity index (χ1n) is 3.02. The third-order valence-electron chi connectivity index (χ3n) is 1.06. The van der Waals surface area contributed by atoms with Gasteiger partial charge in [-0.15, -0.1) is 0 Å². The number of rotatable bonds is 2. The van der Waals surface area contributed by atoms with E-state index in [1.807, 2.05) is 13.8 Å². The molecule has 0 aliphatic heterocycles. The van der Waals surface area contributed by atoms with Crippen molar-refractivity contribution in [2.45, 2.75) is 13.8 Å². The quantitative estimate of drug-likeness (QED) is 0.613. The molecule has 0 saturated carbocycles. The smallest absolute Gasteiger partial charge is 0.0383 e. The summed E-state index contributed by atoms with van der Waals surface area (Å²) in [4.78, 5) is 0. The van der Waals surface area contributed by atoms with E-state index >= 15 is 0 Å². The van der Waals surface area contributed by atoms with E-state index in [1.165, 1.54) is 0 Å². The van der Waals surface area contributed by atoms with Crippen LogP contribution in [0.1, 0.15) is 13.8 Å². The van der Waals surface area contributed by atoms with Crippen LogP contribution in [0.2, 0.25) is 0 Å². The summed E-state index contributed by atoms with van der Waals surface area (Å²) in [5.41, 5.74) is 6.99. The predicted octanol–water partition coefficient (Wildman–Crippen LogP) is 2.55. The van der Waals surface area contributed by atoms with Gasteiger partial charge in [0.25, 0.3) is 0 Å². The van der Waals surface area contributed by atoms with Crippen LogP contribution in [0, 0.1) is 0 Å². The van der Waals surface area contributed by atoms with E-state index in [0.29, 0.717) is 10.7 Å². The molecule has 2 heteroatoms. The van der Waals surface area contributed by atoms with Gasteiger partial charge in [0.15, 0.2) is 0 Å². The Morgan fingerprint density at radius 1 is 1.60 bits per heavy atom. The molecule has 0 saturated heterocycles. The molecule has 0 amide bonds. The molecule has 0 atom stereocenters. The topological polar surface area (TPSA) is 26.0 Å². The van der Waals surface area contributed by atoms with Gasteiger partial charge in [-0.25, -0.2) is 0 Å². The minimum atomic E-state index is 0.628. The molecule has 10 heavy (non-hydrogen) atoms. The van der Waals surface area contributed by atoms with Crippen molar-refractivity contribution in [3.05, 3.63) is 35.0 Å². The second-order valence-electron chi connectivity index (χ2n) is 2.05. The van der Waals surface area contributed by atoms with Gasteiger partial charge in [-0.2, -0.15) is 0 Å². The fourth-order valence-corrected chi connectivity index (χ4v) is 0.473. The molecule has 1 nitrogen and oxygen atoms in total. The lowest BCUT2D eigenvalue weighted by atomic mass is 10.2. The molecular weight excluding hydrogens is 146 g/mol. The molecule has 2 N–H and O–H groups in total. The molecule has 0 aliphatic rings. The maximum atomic E-state index is 5.67. The van der Waals surface area contributed by atoms with Crippen LogP contribution in [0.25, 0.3) is 0 Å².